The van der Waals surface area contributed by atoms with Crippen molar-refractivity contribution in [1.29, 1.82) is 0 Å². The fraction of sp³-hybridized carbons (Fsp3) is 0.238. The highest BCUT2D eigenvalue weighted by atomic mass is 79.9. The minimum absolute atomic E-state index is 0.0928. The molecule has 0 aromatic heterocycles. The number of amides is 2. The summed E-state index contributed by atoms with van der Waals surface area (Å²) in [5.74, 6) is 0.793. The first kappa shape index (κ1) is 17.0. The van der Waals surface area contributed by atoms with Gasteiger partial charge in [-0.1, -0.05) is 35.0 Å². The minimum atomic E-state index is -0.244. The Balaban J connectivity index is 1.54. The van der Waals surface area contributed by atoms with E-state index in [0.717, 1.165) is 10.2 Å². The molecule has 0 bridgehead atoms. The molecule has 0 spiro atoms. The van der Waals surface area contributed by atoms with Crippen LogP contribution in [0.1, 0.15) is 13.3 Å². The topological polar surface area (TPSA) is 46.6 Å². The number of rotatable bonds is 3. The van der Waals surface area contributed by atoms with Gasteiger partial charge in [-0.15, -0.1) is 0 Å². The van der Waals surface area contributed by atoms with E-state index in [1.807, 2.05) is 43.3 Å². The number of benzene rings is 2. The number of carbonyl (C=O) groups is 2. The van der Waals surface area contributed by atoms with Crippen LogP contribution in [0, 0.1) is 17.8 Å². The molecule has 4 nitrogen and oxygen atoms in total. The zero-order valence-corrected chi connectivity index (χ0v) is 15.8. The number of halogens is 1. The molecule has 1 aliphatic heterocycles. The van der Waals surface area contributed by atoms with Crippen LogP contribution in [0.15, 0.2) is 65.2 Å². The van der Waals surface area contributed by atoms with Crippen molar-refractivity contribution in [2.24, 2.45) is 17.8 Å². The van der Waals surface area contributed by atoms with Crippen molar-refractivity contribution in [2.75, 3.05) is 4.90 Å². The van der Waals surface area contributed by atoms with Gasteiger partial charge in [0.25, 0.3) is 0 Å². The Hall–Kier alpha value is -2.40. The number of imide groups is 1. The van der Waals surface area contributed by atoms with Gasteiger partial charge in [-0.2, -0.15) is 0 Å². The second-order valence-corrected chi connectivity index (χ2v) is 7.63. The summed E-state index contributed by atoms with van der Waals surface area (Å²) in [5.41, 5.74) is 0.602. The van der Waals surface area contributed by atoms with Crippen molar-refractivity contribution in [3.8, 4) is 11.5 Å². The maximum Gasteiger partial charge on any atom is 0.238 e. The lowest BCUT2D eigenvalue weighted by Gasteiger charge is -2.22. The lowest BCUT2D eigenvalue weighted by molar-refractivity contribution is -0.122. The second kappa shape index (κ2) is 6.72. The third kappa shape index (κ3) is 2.97. The van der Waals surface area contributed by atoms with Crippen LogP contribution in [0.3, 0.4) is 0 Å². The molecule has 2 amide bonds. The van der Waals surface area contributed by atoms with E-state index >= 15 is 0 Å². The summed E-state index contributed by atoms with van der Waals surface area (Å²) < 4.78 is 6.78. The minimum Gasteiger partial charge on any atom is -0.457 e. The number of fused-ring (bicyclic) bond motifs is 1. The average molecular weight is 412 g/mol. The van der Waals surface area contributed by atoms with Crippen LogP contribution in [0.4, 0.5) is 5.69 Å². The lowest BCUT2D eigenvalue weighted by Crippen LogP contribution is -2.31. The fourth-order valence-corrected chi connectivity index (χ4v) is 3.97. The van der Waals surface area contributed by atoms with Crippen LogP contribution in [0.5, 0.6) is 11.5 Å². The standard InChI is InChI=1S/C21H18BrNO3/c1-13-3-2-4-18-19(13)21(25)23(20(18)24)15-7-11-17(12-8-15)26-16-9-5-14(22)6-10-16/h2-3,5-13,18-19H,4H2,1H3/t13-,18-,19+/m1/s1. The van der Waals surface area contributed by atoms with E-state index in [0.29, 0.717) is 17.9 Å². The number of hydrogen-bond acceptors (Lipinski definition) is 3. The molecule has 3 atom stereocenters. The molecule has 2 aromatic carbocycles. The summed E-state index contributed by atoms with van der Waals surface area (Å²) in [6.45, 7) is 2.00. The summed E-state index contributed by atoms with van der Waals surface area (Å²) in [5, 5.41) is 0. The molecule has 1 heterocycles. The molecule has 26 heavy (non-hydrogen) atoms. The van der Waals surface area contributed by atoms with Gasteiger partial charge in [-0.25, -0.2) is 0 Å². The van der Waals surface area contributed by atoms with Gasteiger partial charge in [0.15, 0.2) is 0 Å². The molecule has 1 aliphatic carbocycles. The quantitative estimate of drug-likeness (QED) is 0.530. The molecule has 0 saturated carbocycles. The molecule has 0 unspecified atom stereocenters. The van der Waals surface area contributed by atoms with Crippen molar-refractivity contribution in [3.05, 3.63) is 65.2 Å². The van der Waals surface area contributed by atoms with E-state index in [2.05, 4.69) is 15.9 Å². The van der Waals surface area contributed by atoms with E-state index in [-0.39, 0.29) is 29.6 Å². The van der Waals surface area contributed by atoms with Crippen molar-refractivity contribution >= 4 is 33.4 Å². The van der Waals surface area contributed by atoms with Gasteiger partial charge in [-0.3, -0.25) is 14.5 Å². The van der Waals surface area contributed by atoms with Crippen LogP contribution >= 0.6 is 15.9 Å². The zero-order chi connectivity index (χ0) is 18.3. The molecule has 1 fully saturated rings. The highest BCUT2D eigenvalue weighted by Crippen LogP contribution is 2.40. The third-order valence-electron chi connectivity index (χ3n) is 5.02. The monoisotopic (exact) mass is 411 g/mol. The number of hydrogen-bond donors (Lipinski definition) is 0. The molecular formula is C21H18BrNO3. The Morgan fingerprint density at radius 2 is 1.58 bits per heavy atom. The molecule has 2 aliphatic rings. The maximum atomic E-state index is 12.8. The Bertz CT molecular complexity index is 873. The smallest absolute Gasteiger partial charge is 0.238 e. The zero-order valence-electron chi connectivity index (χ0n) is 14.3. The van der Waals surface area contributed by atoms with Gasteiger partial charge < -0.3 is 4.74 Å². The highest BCUT2D eigenvalue weighted by Gasteiger charge is 2.50. The molecule has 0 radical (unpaired) electrons. The molecule has 1 saturated heterocycles. The summed E-state index contributed by atoms with van der Waals surface area (Å²) in [4.78, 5) is 26.9. The van der Waals surface area contributed by atoms with Gasteiger partial charge in [0.1, 0.15) is 11.5 Å². The van der Waals surface area contributed by atoms with E-state index in [4.69, 9.17) is 4.74 Å². The molecule has 132 valence electrons. The van der Waals surface area contributed by atoms with E-state index < -0.39 is 0 Å². The third-order valence-corrected chi connectivity index (χ3v) is 5.55. The van der Waals surface area contributed by atoms with Crippen LogP contribution in [0.2, 0.25) is 0 Å². The van der Waals surface area contributed by atoms with Crippen LogP contribution in [0.25, 0.3) is 0 Å². The molecule has 5 heteroatoms. The van der Waals surface area contributed by atoms with Gasteiger partial charge in [0, 0.05) is 4.47 Å². The summed E-state index contributed by atoms with van der Waals surface area (Å²) in [6.07, 6.45) is 4.68. The van der Waals surface area contributed by atoms with Gasteiger partial charge in [-0.05, 0) is 60.9 Å². The second-order valence-electron chi connectivity index (χ2n) is 6.72. The number of nitrogens with zero attached hydrogens (tertiary/aromatic N) is 1. The SMILES string of the molecule is C[C@@H]1C=CC[C@H]2C(=O)N(c3ccc(Oc4ccc(Br)cc4)cc3)C(=O)[C@@H]12. The van der Waals surface area contributed by atoms with Gasteiger partial charge >= 0.3 is 0 Å². The van der Waals surface area contributed by atoms with Crippen LogP contribution in [-0.4, -0.2) is 11.8 Å². The van der Waals surface area contributed by atoms with E-state index in [1.54, 1.807) is 24.3 Å². The summed E-state index contributed by atoms with van der Waals surface area (Å²) >= 11 is 3.39. The Kier molecular flexibility index (Phi) is 4.41. The fourth-order valence-electron chi connectivity index (χ4n) is 3.70. The first-order valence-corrected chi connectivity index (χ1v) is 9.42. The highest BCUT2D eigenvalue weighted by molar-refractivity contribution is 9.10. The van der Waals surface area contributed by atoms with Crippen LogP contribution in [-0.2, 0) is 9.59 Å². The van der Waals surface area contributed by atoms with E-state index in [1.165, 1.54) is 4.90 Å². The predicted molar refractivity (Wildman–Crippen MR) is 103 cm³/mol. The number of carbonyl (C=O) groups excluding carboxylic acids is 2. The van der Waals surface area contributed by atoms with E-state index in [9.17, 15) is 9.59 Å². The number of allylic oxidation sites excluding steroid dienone is 2. The van der Waals surface area contributed by atoms with Crippen molar-refractivity contribution in [1.82, 2.24) is 0 Å². The van der Waals surface area contributed by atoms with Crippen molar-refractivity contribution in [2.45, 2.75) is 13.3 Å². The lowest BCUT2D eigenvalue weighted by atomic mass is 9.78. The molecular weight excluding hydrogens is 394 g/mol. The Labute approximate surface area is 160 Å². The Morgan fingerprint density at radius 3 is 2.19 bits per heavy atom. The van der Waals surface area contributed by atoms with Gasteiger partial charge in [0.05, 0.1) is 17.5 Å². The summed E-state index contributed by atoms with van der Waals surface area (Å²) in [7, 11) is 0. The number of anilines is 1. The first-order chi connectivity index (χ1) is 12.5. The average Bonchev–Trinajstić information content (AvgIpc) is 2.90. The predicted octanol–water partition coefficient (Wildman–Crippen LogP) is 4.94. The summed E-state index contributed by atoms with van der Waals surface area (Å²) in [6, 6.07) is 14.6. The Morgan fingerprint density at radius 1 is 0.962 bits per heavy atom. The van der Waals surface area contributed by atoms with Crippen molar-refractivity contribution < 1.29 is 14.3 Å². The van der Waals surface area contributed by atoms with Crippen molar-refractivity contribution in [3.63, 3.8) is 0 Å². The first-order valence-electron chi connectivity index (χ1n) is 8.62. The van der Waals surface area contributed by atoms with Crippen LogP contribution < -0.4 is 9.64 Å². The molecule has 0 N–H and O–H groups in total. The largest absolute Gasteiger partial charge is 0.457 e. The normalized spacial score (nSPS) is 24.7. The number of ether oxygens (including phenoxy) is 1. The maximum absolute atomic E-state index is 12.8. The molecule has 4 rings (SSSR count). The van der Waals surface area contributed by atoms with Gasteiger partial charge in [0.2, 0.25) is 11.8 Å². The molecule has 2 aromatic rings.